The van der Waals surface area contributed by atoms with Crippen molar-refractivity contribution in [1.82, 2.24) is 0 Å². The van der Waals surface area contributed by atoms with Crippen LogP contribution in [-0.2, 0) is 9.53 Å². The Bertz CT molecular complexity index is 423. The number of para-hydroxylation sites is 1. The molecule has 0 saturated carbocycles. The molecule has 0 heterocycles. The van der Waals surface area contributed by atoms with E-state index in [9.17, 15) is 18.0 Å². The largest absolute Gasteiger partial charge is 0.411 e. The Balaban J connectivity index is 2.53. The normalized spacial score (nSPS) is 13.2. The van der Waals surface area contributed by atoms with Crippen molar-refractivity contribution in [1.29, 1.82) is 0 Å². The lowest BCUT2D eigenvalue weighted by Crippen LogP contribution is -2.31. The van der Waals surface area contributed by atoms with Gasteiger partial charge in [-0.1, -0.05) is 23.7 Å². The van der Waals surface area contributed by atoms with Crippen LogP contribution in [0.15, 0.2) is 24.3 Å². The van der Waals surface area contributed by atoms with E-state index in [-0.39, 0.29) is 0 Å². The Labute approximate surface area is 107 Å². The van der Waals surface area contributed by atoms with Crippen molar-refractivity contribution in [2.24, 2.45) is 0 Å². The molecule has 100 valence electrons. The first-order chi connectivity index (χ1) is 8.29. The highest BCUT2D eigenvalue weighted by atomic mass is 35.5. The van der Waals surface area contributed by atoms with Gasteiger partial charge in [0.2, 0.25) is 0 Å². The van der Waals surface area contributed by atoms with E-state index >= 15 is 0 Å². The number of amides is 1. The number of benzene rings is 1. The third kappa shape index (κ3) is 4.93. The maximum absolute atomic E-state index is 11.9. The van der Waals surface area contributed by atoms with E-state index in [1.54, 1.807) is 18.2 Å². The first-order valence-corrected chi connectivity index (χ1v) is 5.41. The summed E-state index contributed by atoms with van der Waals surface area (Å²) in [5.41, 5.74) is 0.326. The molecule has 3 nitrogen and oxygen atoms in total. The van der Waals surface area contributed by atoms with Crippen molar-refractivity contribution < 1.29 is 22.7 Å². The van der Waals surface area contributed by atoms with Crippen LogP contribution in [0.2, 0.25) is 5.02 Å². The number of nitrogens with one attached hydrogen (secondary N) is 1. The van der Waals surface area contributed by atoms with E-state index in [2.05, 4.69) is 10.1 Å². The first kappa shape index (κ1) is 14.8. The van der Waals surface area contributed by atoms with Crippen molar-refractivity contribution in [3.8, 4) is 0 Å². The Morgan fingerprint density at radius 2 is 2.06 bits per heavy atom. The predicted octanol–water partition coefficient (Wildman–Crippen LogP) is 3.25. The van der Waals surface area contributed by atoms with Crippen LogP contribution in [0.5, 0.6) is 0 Å². The Hall–Kier alpha value is -1.27. The molecule has 1 amide bonds. The number of ether oxygens (including phenoxy) is 1. The van der Waals surface area contributed by atoms with Crippen LogP contribution in [0, 0.1) is 0 Å². The fraction of sp³-hybridized carbons (Fsp3) is 0.364. The minimum Gasteiger partial charge on any atom is -0.359 e. The highest BCUT2D eigenvalue weighted by molar-refractivity contribution is 6.33. The predicted molar refractivity (Wildman–Crippen MR) is 61.6 cm³/mol. The molecule has 0 saturated heterocycles. The van der Waals surface area contributed by atoms with Gasteiger partial charge in [-0.05, 0) is 19.1 Å². The number of carbonyl (C=O) groups is 1. The van der Waals surface area contributed by atoms with Crippen LogP contribution in [-0.4, -0.2) is 24.8 Å². The highest BCUT2D eigenvalue weighted by Crippen LogP contribution is 2.21. The molecule has 0 unspecified atom stereocenters. The van der Waals surface area contributed by atoms with Crippen LogP contribution in [0.1, 0.15) is 6.92 Å². The van der Waals surface area contributed by atoms with Crippen LogP contribution in [0.4, 0.5) is 18.9 Å². The zero-order chi connectivity index (χ0) is 13.8. The molecule has 0 aliphatic carbocycles. The summed E-state index contributed by atoms with van der Waals surface area (Å²) < 4.78 is 40.1. The van der Waals surface area contributed by atoms with Crippen molar-refractivity contribution >= 4 is 23.2 Å². The average Bonchev–Trinajstić information content (AvgIpc) is 2.28. The van der Waals surface area contributed by atoms with Crippen molar-refractivity contribution in [2.45, 2.75) is 19.2 Å². The summed E-state index contributed by atoms with van der Waals surface area (Å²) in [4.78, 5) is 11.5. The van der Waals surface area contributed by atoms with Crippen LogP contribution in [0.25, 0.3) is 0 Å². The summed E-state index contributed by atoms with van der Waals surface area (Å²) in [5.74, 6) is -0.688. The van der Waals surface area contributed by atoms with Gasteiger partial charge in [0.15, 0.2) is 0 Å². The van der Waals surface area contributed by atoms with Gasteiger partial charge in [-0.25, -0.2) is 0 Å². The second-order valence-electron chi connectivity index (χ2n) is 3.54. The minimum absolute atomic E-state index is 0.300. The molecule has 1 N–H and O–H groups in total. The maximum atomic E-state index is 11.9. The molecule has 1 aromatic rings. The summed E-state index contributed by atoms with van der Waals surface area (Å²) in [6.45, 7) is -0.234. The molecule has 1 aromatic carbocycles. The van der Waals surface area contributed by atoms with Crippen LogP contribution >= 0.6 is 11.6 Å². The summed E-state index contributed by atoms with van der Waals surface area (Å²) in [7, 11) is 0. The standard InChI is InChI=1S/C11H11ClF3NO2/c1-7(18-6-11(13,14)15)10(17)16-9-5-3-2-4-8(9)12/h2-5,7H,6H2,1H3,(H,16,17)/t7-/m1/s1. The van der Waals surface area contributed by atoms with E-state index < -0.39 is 24.8 Å². The number of carbonyl (C=O) groups excluding carboxylic acids is 1. The quantitative estimate of drug-likeness (QED) is 0.920. The number of hydrogen-bond acceptors (Lipinski definition) is 2. The van der Waals surface area contributed by atoms with E-state index in [1.807, 2.05) is 0 Å². The molecule has 1 rings (SSSR count). The Kier molecular flexibility index (Phi) is 4.98. The van der Waals surface area contributed by atoms with E-state index in [0.29, 0.717) is 10.7 Å². The molecule has 0 aliphatic heterocycles. The smallest absolute Gasteiger partial charge is 0.359 e. The molecule has 0 radical (unpaired) electrons. The monoisotopic (exact) mass is 281 g/mol. The number of anilines is 1. The number of hydrogen-bond donors (Lipinski definition) is 1. The lowest BCUT2D eigenvalue weighted by atomic mass is 10.3. The number of rotatable bonds is 4. The summed E-state index contributed by atoms with van der Waals surface area (Å²) >= 11 is 5.79. The average molecular weight is 282 g/mol. The van der Waals surface area contributed by atoms with Crippen molar-refractivity contribution in [3.05, 3.63) is 29.3 Å². The molecule has 0 aromatic heterocycles. The summed E-state index contributed by atoms with van der Waals surface area (Å²) in [6, 6.07) is 6.40. The highest BCUT2D eigenvalue weighted by Gasteiger charge is 2.29. The van der Waals surface area contributed by atoms with E-state index in [0.717, 1.165) is 0 Å². The first-order valence-electron chi connectivity index (χ1n) is 5.03. The second kappa shape index (κ2) is 6.06. The molecule has 0 fully saturated rings. The lowest BCUT2D eigenvalue weighted by Gasteiger charge is -2.15. The second-order valence-corrected chi connectivity index (χ2v) is 3.94. The van der Waals surface area contributed by atoms with Gasteiger partial charge in [-0.2, -0.15) is 13.2 Å². The fourth-order valence-corrected chi connectivity index (χ4v) is 1.28. The molecule has 1 atom stereocenters. The van der Waals surface area contributed by atoms with Gasteiger partial charge in [0.1, 0.15) is 12.7 Å². The van der Waals surface area contributed by atoms with Gasteiger partial charge in [0.05, 0.1) is 10.7 Å². The van der Waals surface area contributed by atoms with Crippen LogP contribution in [0.3, 0.4) is 0 Å². The minimum atomic E-state index is -4.46. The van der Waals surface area contributed by atoms with Gasteiger partial charge in [0, 0.05) is 0 Å². The Morgan fingerprint density at radius 1 is 1.44 bits per heavy atom. The molecule has 0 bridgehead atoms. The van der Waals surface area contributed by atoms with Gasteiger partial charge in [0.25, 0.3) is 5.91 Å². The van der Waals surface area contributed by atoms with E-state index in [1.165, 1.54) is 13.0 Å². The zero-order valence-electron chi connectivity index (χ0n) is 9.42. The van der Waals surface area contributed by atoms with Gasteiger partial charge < -0.3 is 10.1 Å². The van der Waals surface area contributed by atoms with Crippen molar-refractivity contribution in [2.75, 3.05) is 11.9 Å². The SMILES string of the molecule is C[C@@H](OCC(F)(F)F)C(=O)Nc1ccccc1Cl. The number of halogens is 4. The Morgan fingerprint density at radius 3 is 2.61 bits per heavy atom. The molecule has 18 heavy (non-hydrogen) atoms. The van der Waals surface area contributed by atoms with Gasteiger partial charge >= 0.3 is 6.18 Å². The maximum Gasteiger partial charge on any atom is 0.411 e. The van der Waals surface area contributed by atoms with E-state index in [4.69, 9.17) is 11.6 Å². The summed E-state index contributed by atoms with van der Waals surface area (Å²) in [5, 5.41) is 2.68. The molecular weight excluding hydrogens is 271 g/mol. The number of alkyl halides is 3. The molecule has 0 spiro atoms. The topological polar surface area (TPSA) is 38.3 Å². The lowest BCUT2D eigenvalue weighted by molar-refractivity contribution is -0.184. The van der Waals surface area contributed by atoms with Crippen LogP contribution < -0.4 is 5.32 Å². The van der Waals surface area contributed by atoms with Gasteiger partial charge in [-0.15, -0.1) is 0 Å². The molecule has 7 heteroatoms. The third-order valence-electron chi connectivity index (χ3n) is 2.00. The fourth-order valence-electron chi connectivity index (χ4n) is 1.09. The summed E-state index contributed by atoms with van der Waals surface area (Å²) in [6.07, 6.45) is -5.68. The van der Waals surface area contributed by atoms with Gasteiger partial charge in [-0.3, -0.25) is 4.79 Å². The zero-order valence-corrected chi connectivity index (χ0v) is 10.2. The third-order valence-corrected chi connectivity index (χ3v) is 2.33. The van der Waals surface area contributed by atoms with Crippen molar-refractivity contribution in [3.63, 3.8) is 0 Å². The molecule has 0 aliphatic rings. The molecular formula is C11H11ClF3NO2.